The van der Waals surface area contributed by atoms with E-state index in [4.69, 9.17) is 5.73 Å². The Hall–Kier alpha value is -1.85. The first-order valence-corrected chi connectivity index (χ1v) is 8.32. The second-order valence-electron chi connectivity index (χ2n) is 6.66. The second kappa shape index (κ2) is 5.98. The Bertz CT molecular complexity index is 726. The molecule has 124 valence electrons. The fourth-order valence-electron chi connectivity index (χ4n) is 3.32. The highest BCUT2D eigenvalue weighted by Crippen LogP contribution is 2.25. The lowest BCUT2D eigenvalue weighted by atomic mass is 9.87. The van der Waals surface area contributed by atoms with Gasteiger partial charge in [-0.15, -0.1) is 0 Å². The lowest BCUT2D eigenvalue weighted by Crippen LogP contribution is -2.57. The van der Waals surface area contributed by atoms with Crippen LogP contribution in [0, 0.1) is 6.92 Å². The molecule has 0 radical (unpaired) electrons. The van der Waals surface area contributed by atoms with Gasteiger partial charge in [-0.25, -0.2) is 0 Å². The van der Waals surface area contributed by atoms with Gasteiger partial charge in [-0.2, -0.15) is 0 Å². The van der Waals surface area contributed by atoms with Gasteiger partial charge in [-0.3, -0.25) is 4.79 Å². The van der Waals surface area contributed by atoms with Crippen LogP contribution >= 0.6 is 0 Å². The van der Waals surface area contributed by atoms with Gasteiger partial charge in [-0.1, -0.05) is 6.92 Å². The maximum atomic E-state index is 12.6. The molecule has 5 heteroatoms. The van der Waals surface area contributed by atoms with Crippen molar-refractivity contribution in [1.29, 1.82) is 0 Å². The third-order valence-corrected chi connectivity index (χ3v) is 5.19. The first-order valence-electron chi connectivity index (χ1n) is 8.32. The molecule has 2 aromatic rings. The maximum absolute atomic E-state index is 12.6. The van der Waals surface area contributed by atoms with Crippen molar-refractivity contribution in [2.45, 2.75) is 32.2 Å². The number of anilines is 1. The van der Waals surface area contributed by atoms with Crippen molar-refractivity contribution in [2.24, 2.45) is 12.8 Å². The molecule has 0 saturated carbocycles. The minimum absolute atomic E-state index is 0.0692. The van der Waals surface area contributed by atoms with Crippen LogP contribution in [0.4, 0.5) is 5.69 Å². The Morgan fingerprint density at radius 1 is 1.30 bits per heavy atom. The molecule has 1 aromatic carbocycles. The summed E-state index contributed by atoms with van der Waals surface area (Å²) in [6, 6.07) is 8.14. The van der Waals surface area contributed by atoms with Crippen molar-refractivity contribution in [3.05, 3.63) is 30.0 Å². The number of likely N-dealkylation sites (tertiary alicyclic amines) is 1. The van der Waals surface area contributed by atoms with Gasteiger partial charge in [0.25, 0.3) is 0 Å². The van der Waals surface area contributed by atoms with Crippen LogP contribution in [0.25, 0.3) is 10.9 Å². The van der Waals surface area contributed by atoms with Crippen molar-refractivity contribution in [2.75, 3.05) is 25.0 Å². The van der Waals surface area contributed by atoms with Crippen LogP contribution in [0.15, 0.2) is 24.3 Å². The summed E-state index contributed by atoms with van der Waals surface area (Å²) in [7, 11) is 2.05. The van der Waals surface area contributed by atoms with Gasteiger partial charge in [-0.05, 0) is 50.6 Å². The summed E-state index contributed by atoms with van der Waals surface area (Å²) < 4.78 is 2.14. The van der Waals surface area contributed by atoms with Crippen LogP contribution in [-0.4, -0.2) is 40.5 Å². The minimum atomic E-state index is -0.757. The predicted molar refractivity (Wildman–Crippen MR) is 94.6 cm³/mol. The van der Waals surface area contributed by atoms with Crippen molar-refractivity contribution in [1.82, 2.24) is 9.47 Å². The summed E-state index contributed by atoms with van der Waals surface area (Å²) in [5.41, 5.74) is 8.79. The van der Waals surface area contributed by atoms with E-state index in [0.717, 1.165) is 30.7 Å². The molecule has 1 fully saturated rings. The molecule has 1 aromatic heterocycles. The molecule has 1 saturated heterocycles. The summed E-state index contributed by atoms with van der Waals surface area (Å²) in [6.07, 6.45) is 1.42. The standard InChI is InChI=1S/C18H26N4O/c1-4-22-9-7-18(19,8-10-22)17(23)20-15-5-6-16-14(12-15)11-13(2)21(16)3/h5-6,11-12H,4,7-10,19H2,1-3H3,(H,20,23). The molecule has 0 spiro atoms. The van der Waals surface area contributed by atoms with Crippen molar-refractivity contribution >= 4 is 22.5 Å². The molecule has 0 aliphatic carbocycles. The number of aromatic nitrogens is 1. The number of nitrogens with zero attached hydrogens (tertiary/aromatic N) is 2. The first kappa shape index (κ1) is 16.0. The molecule has 1 aliphatic heterocycles. The number of hydrogen-bond donors (Lipinski definition) is 2. The number of piperidine rings is 1. The van der Waals surface area contributed by atoms with Crippen LogP contribution in [-0.2, 0) is 11.8 Å². The Morgan fingerprint density at radius 2 is 2.00 bits per heavy atom. The number of aryl methyl sites for hydroxylation is 2. The van der Waals surface area contributed by atoms with E-state index in [1.165, 1.54) is 11.2 Å². The largest absolute Gasteiger partial charge is 0.348 e. The van der Waals surface area contributed by atoms with Gasteiger partial charge in [0, 0.05) is 42.4 Å². The number of rotatable bonds is 3. The molecule has 1 aliphatic rings. The van der Waals surface area contributed by atoms with Crippen molar-refractivity contribution < 1.29 is 4.79 Å². The molecular weight excluding hydrogens is 288 g/mol. The third-order valence-electron chi connectivity index (χ3n) is 5.19. The average molecular weight is 314 g/mol. The maximum Gasteiger partial charge on any atom is 0.244 e. The van der Waals surface area contributed by atoms with E-state index in [2.05, 4.69) is 34.7 Å². The highest BCUT2D eigenvalue weighted by molar-refractivity contribution is 5.99. The van der Waals surface area contributed by atoms with Crippen LogP contribution in [0.5, 0.6) is 0 Å². The smallest absolute Gasteiger partial charge is 0.244 e. The predicted octanol–water partition coefficient (Wildman–Crippen LogP) is 2.24. The summed E-state index contributed by atoms with van der Waals surface area (Å²) in [5.74, 6) is -0.0692. The van der Waals surface area contributed by atoms with Gasteiger partial charge >= 0.3 is 0 Å². The average Bonchev–Trinajstić information content (AvgIpc) is 2.82. The van der Waals surface area contributed by atoms with Crippen LogP contribution < -0.4 is 11.1 Å². The van der Waals surface area contributed by atoms with E-state index in [0.29, 0.717) is 12.8 Å². The van der Waals surface area contributed by atoms with Gasteiger partial charge < -0.3 is 20.5 Å². The number of hydrogen-bond acceptors (Lipinski definition) is 3. The van der Waals surface area contributed by atoms with Crippen molar-refractivity contribution in [3.63, 3.8) is 0 Å². The van der Waals surface area contributed by atoms with Gasteiger partial charge in [0.15, 0.2) is 0 Å². The van der Waals surface area contributed by atoms with Crippen LogP contribution in [0.3, 0.4) is 0 Å². The molecule has 0 unspecified atom stereocenters. The Kier molecular flexibility index (Phi) is 4.17. The van der Waals surface area contributed by atoms with Crippen molar-refractivity contribution in [3.8, 4) is 0 Å². The number of nitrogens with one attached hydrogen (secondary N) is 1. The third kappa shape index (κ3) is 2.99. The van der Waals surface area contributed by atoms with E-state index < -0.39 is 5.54 Å². The molecule has 0 bridgehead atoms. The second-order valence-corrected chi connectivity index (χ2v) is 6.66. The first-order chi connectivity index (χ1) is 10.9. The molecule has 3 N–H and O–H groups in total. The normalized spacial score (nSPS) is 18.3. The summed E-state index contributed by atoms with van der Waals surface area (Å²) in [5, 5.41) is 4.15. The number of amides is 1. The number of nitrogens with two attached hydrogens (primary N) is 1. The van der Waals surface area contributed by atoms with E-state index in [9.17, 15) is 4.79 Å². The fraction of sp³-hybridized carbons (Fsp3) is 0.500. The molecule has 5 nitrogen and oxygen atoms in total. The SMILES string of the molecule is CCN1CCC(N)(C(=O)Nc2ccc3c(c2)cc(C)n3C)CC1. The van der Waals surface area contributed by atoms with E-state index >= 15 is 0 Å². The van der Waals surface area contributed by atoms with Gasteiger partial charge in [0.2, 0.25) is 5.91 Å². The Morgan fingerprint density at radius 3 is 2.65 bits per heavy atom. The highest BCUT2D eigenvalue weighted by atomic mass is 16.2. The zero-order valence-electron chi connectivity index (χ0n) is 14.2. The summed E-state index contributed by atoms with van der Waals surface area (Å²) >= 11 is 0. The number of carbonyl (C=O) groups is 1. The minimum Gasteiger partial charge on any atom is -0.348 e. The zero-order valence-corrected chi connectivity index (χ0v) is 14.2. The molecule has 0 atom stereocenters. The molecule has 23 heavy (non-hydrogen) atoms. The molecule has 3 rings (SSSR count). The zero-order chi connectivity index (χ0) is 16.6. The summed E-state index contributed by atoms with van der Waals surface area (Å²) in [4.78, 5) is 15.0. The Labute approximate surface area is 137 Å². The van der Waals surface area contributed by atoms with Crippen LogP contribution in [0.2, 0.25) is 0 Å². The summed E-state index contributed by atoms with van der Waals surface area (Å²) in [6.45, 7) is 7.01. The number of carbonyl (C=O) groups excluding carboxylic acids is 1. The lowest BCUT2D eigenvalue weighted by molar-refractivity contribution is -0.122. The molecule has 2 heterocycles. The van der Waals surface area contributed by atoms with E-state index in [-0.39, 0.29) is 5.91 Å². The molecular formula is C18H26N4O. The van der Waals surface area contributed by atoms with E-state index in [1.807, 2.05) is 25.2 Å². The monoisotopic (exact) mass is 314 g/mol. The van der Waals surface area contributed by atoms with Gasteiger partial charge in [0.1, 0.15) is 0 Å². The number of fused-ring (bicyclic) bond motifs is 1. The lowest BCUT2D eigenvalue weighted by Gasteiger charge is -2.37. The molecule has 1 amide bonds. The number of benzene rings is 1. The Balaban J connectivity index is 1.75. The van der Waals surface area contributed by atoms with Gasteiger partial charge in [0.05, 0.1) is 5.54 Å². The van der Waals surface area contributed by atoms with E-state index in [1.54, 1.807) is 0 Å². The topological polar surface area (TPSA) is 63.3 Å². The quantitative estimate of drug-likeness (QED) is 0.913. The highest BCUT2D eigenvalue weighted by Gasteiger charge is 2.37. The van der Waals surface area contributed by atoms with Crippen LogP contribution in [0.1, 0.15) is 25.5 Å². The fourth-order valence-corrected chi connectivity index (χ4v) is 3.32.